The highest BCUT2D eigenvalue weighted by Gasteiger charge is 2.28. The summed E-state index contributed by atoms with van der Waals surface area (Å²) >= 11 is 1.24. The average Bonchev–Trinajstić information content (AvgIpc) is 3.06. The Hall–Kier alpha value is -1.21. The lowest BCUT2D eigenvalue weighted by molar-refractivity contribution is 0.197. The number of hydrogen-bond acceptors (Lipinski definition) is 5. The zero-order valence-corrected chi connectivity index (χ0v) is 12.7. The SMILES string of the molecule is CCCc1nsc(NC(=O)N2CCC[C@@H]2CCCO)n1. The van der Waals surface area contributed by atoms with Crippen LogP contribution in [0.25, 0.3) is 0 Å². The quantitative estimate of drug-likeness (QED) is 0.844. The molecule has 2 rings (SSSR count). The van der Waals surface area contributed by atoms with Gasteiger partial charge in [0, 0.05) is 37.1 Å². The number of aliphatic hydroxyl groups excluding tert-OH is 1. The van der Waals surface area contributed by atoms with Crippen LogP contribution in [0.15, 0.2) is 0 Å². The van der Waals surface area contributed by atoms with Crippen molar-refractivity contribution < 1.29 is 9.90 Å². The van der Waals surface area contributed by atoms with Crippen molar-refractivity contribution in [2.24, 2.45) is 0 Å². The van der Waals surface area contributed by atoms with Crippen LogP contribution >= 0.6 is 11.5 Å². The third-order valence-electron chi connectivity index (χ3n) is 3.49. The topological polar surface area (TPSA) is 78.4 Å². The molecule has 0 radical (unpaired) electrons. The Morgan fingerprint density at radius 2 is 2.45 bits per heavy atom. The number of aliphatic hydroxyl groups is 1. The Kier molecular flexibility index (Phi) is 5.72. The van der Waals surface area contributed by atoms with Crippen LogP contribution in [-0.4, -0.2) is 44.6 Å². The molecule has 0 unspecified atom stereocenters. The van der Waals surface area contributed by atoms with Crippen LogP contribution in [0.5, 0.6) is 0 Å². The van der Waals surface area contributed by atoms with Crippen molar-refractivity contribution >= 4 is 22.7 Å². The third-order valence-corrected chi connectivity index (χ3v) is 4.16. The molecule has 1 fully saturated rings. The van der Waals surface area contributed by atoms with Crippen LogP contribution < -0.4 is 5.32 Å². The highest BCUT2D eigenvalue weighted by Crippen LogP contribution is 2.23. The molecule has 1 atom stereocenters. The fourth-order valence-corrected chi connectivity index (χ4v) is 3.13. The second kappa shape index (κ2) is 7.54. The molecule has 112 valence electrons. The summed E-state index contributed by atoms with van der Waals surface area (Å²) < 4.78 is 4.22. The molecule has 0 bridgehead atoms. The number of carbonyl (C=O) groups is 1. The van der Waals surface area contributed by atoms with Crippen molar-refractivity contribution in [3.05, 3.63) is 5.82 Å². The number of nitrogens with zero attached hydrogens (tertiary/aromatic N) is 3. The predicted octanol–water partition coefficient (Wildman–Crippen LogP) is 2.26. The Bertz CT molecular complexity index is 438. The molecule has 0 saturated carbocycles. The van der Waals surface area contributed by atoms with Gasteiger partial charge in [-0.3, -0.25) is 5.32 Å². The molecule has 1 aromatic heterocycles. The van der Waals surface area contributed by atoms with E-state index in [1.165, 1.54) is 11.5 Å². The van der Waals surface area contributed by atoms with Gasteiger partial charge >= 0.3 is 6.03 Å². The zero-order chi connectivity index (χ0) is 14.4. The van der Waals surface area contributed by atoms with Gasteiger partial charge in [-0.2, -0.15) is 4.37 Å². The molecular formula is C13H22N4O2S. The van der Waals surface area contributed by atoms with Gasteiger partial charge < -0.3 is 10.0 Å². The number of aryl methyl sites for hydroxylation is 1. The van der Waals surface area contributed by atoms with Gasteiger partial charge in [-0.25, -0.2) is 9.78 Å². The van der Waals surface area contributed by atoms with Crippen LogP contribution in [0.3, 0.4) is 0 Å². The Labute approximate surface area is 123 Å². The summed E-state index contributed by atoms with van der Waals surface area (Å²) in [6, 6.07) is 0.148. The van der Waals surface area contributed by atoms with Crippen molar-refractivity contribution in [3.8, 4) is 0 Å². The second-order valence-corrected chi connectivity index (χ2v) is 5.80. The number of nitrogens with one attached hydrogen (secondary N) is 1. The van der Waals surface area contributed by atoms with Gasteiger partial charge in [-0.1, -0.05) is 6.92 Å². The molecule has 2 N–H and O–H groups in total. The van der Waals surface area contributed by atoms with Crippen LogP contribution in [0.4, 0.5) is 9.93 Å². The number of likely N-dealkylation sites (tertiary alicyclic amines) is 1. The fraction of sp³-hybridized carbons (Fsp3) is 0.769. The van der Waals surface area contributed by atoms with Crippen LogP contribution in [0.1, 0.15) is 44.9 Å². The molecule has 1 aromatic rings. The number of anilines is 1. The minimum atomic E-state index is -0.0929. The number of urea groups is 1. The van der Waals surface area contributed by atoms with E-state index in [1.807, 2.05) is 4.90 Å². The number of hydrogen-bond donors (Lipinski definition) is 2. The molecule has 7 heteroatoms. The van der Waals surface area contributed by atoms with Crippen molar-refractivity contribution in [3.63, 3.8) is 0 Å². The number of aromatic nitrogens is 2. The summed E-state index contributed by atoms with van der Waals surface area (Å²) in [4.78, 5) is 18.4. The number of carbonyl (C=O) groups excluding carboxylic acids is 1. The van der Waals surface area contributed by atoms with Gasteiger partial charge in [0.15, 0.2) is 0 Å². The third kappa shape index (κ3) is 3.89. The van der Waals surface area contributed by atoms with Crippen molar-refractivity contribution in [2.75, 3.05) is 18.5 Å². The van der Waals surface area contributed by atoms with Crippen molar-refractivity contribution in [1.82, 2.24) is 14.3 Å². The maximum atomic E-state index is 12.2. The summed E-state index contributed by atoms with van der Waals surface area (Å²) in [7, 11) is 0. The van der Waals surface area contributed by atoms with E-state index in [1.54, 1.807) is 0 Å². The van der Waals surface area contributed by atoms with Crippen LogP contribution in [-0.2, 0) is 6.42 Å². The predicted molar refractivity (Wildman–Crippen MR) is 79.0 cm³/mol. The van der Waals surface area contributed by atoms with Gasteiger partial charge in [-0.05, 0) is 32.1 Å². The summed E-state index contributed by atoms with van der Waals surface area (Å²) in [6.07, 6.45) is 5.50. The lowest BCUT2D eigenvalue weighted by Crippen LogP contribution is -2.38. The number of amides is 2. The summed E-state index contributed by atoms with van der Waals surface area (Å²) in [5.41, 5.74) is 0. The maximum Gasteiger partial charge on any atom is 0.323 e. The van der Waals surface area contributed by atoms with E-state index in [-0.39, 0.29) is 18.7 Å². The minimum absolute atomic E-state index is 0.0929. The molecule has 20 heavy (non-hydrogen) atoms. The van der Waals surface area contributed by atoms with E-state index in [2.05, 4.69) is 21.6 Å². The van der Waals surface area contributed by atoms with E-state index >= 15 is 0 Å². The lowest BCUT2D eigenvalue weighted by Gasteiger charge is -2.24. The van der Waals surface area contributed by atoms with Crippen molar-refractivity contribution in [1.29, 1.82) is 0 Å². The first-order valence-corrected chi connectivity index (χ1v) is 8.03. The van der Waals surface area contributed by atoms with E-state index < -0.39 is 0 Å². The summed E-state index contributed by atoms with van der Waals surface area (Å²) in [5.74, 6) is 0.797. The molecular weight excluding hydrogens is 276 g/mol. The first kappa shape index (κ1) is 15.2. The smallest absolute Gasteiger partial charge is 0.323 e. The maximum absolute atomic E-state index is 12.2. The summed E-state index contributed by atoms with van der Waals surface area (Å²) in [5, 5.41) is 12.3. The second-order valence-electron chi connectivity index (χ2n) is 5.05. The minimum Gasteiger partial charge on any atom is -0.396 e. The largest absolute Gasteiger partial charge is 0.396 e. The van der Waals surface area contributed by atoms with Crippen LogP contribution in [0.2, 0.25) is 0 Å². The van der Waals surface area contributed by atoms with Gasteiger partial charge in [0.2, 0.25) is 5.13 Å². The normalized spacial score (nSPS) is 18.5. The van der Waals surface area contributed by atoms with Crippen LogP contribution in [0, 0.1) is 0 Å². The Morgan fingerprint density at radius 1 is 1.60 bits per heavy atom. The Balaban J connectivity index is 1.89. The standard InChI is InChI=1S/C13H22N4O2S/c1-2-5-11-14-12(20-16-11)15-13(19)17-8-3-6-10(17)7-4-9-18/h10,18H,2-9H2,1H3,(H,14,15,16,19)/t10-/m1/s1. The fourth-order valence-electron chi connectivity index (χ4n) is 2.52. The lowest BCUT2D eigenvalue weighted by atomic mass is 10.1. The molecule has 6 nitrogen and oxygen atoms in total. The number of rotatable bonds is 6. The average molecular weight is 298 g/mol. The zero-order valence-electron chi connectivity index (χ0n) is 11.8. The highest BCUT2D eigenvalue weighted by molar-refractivity contribution is 7.09. The molecule has 1 saturated heterocycles. The first-order valence-electron chi connectivity index (χ1n) is 7.25. The Morgan fingerprint density at radius 3 is 3.20 bits per heavy atom. The molecule has 0 aromatic carbocycles. The first-order chi connectivity index (χ1) is 9.74. The highest BCUT2D eigenvalue weighted by atomic mass is 32.1. The monoisotopic (exact) mass is 298 g/mol. The van der Waals surface area contributed by atoms with Crippen molar-refractivity contribution in [2.45, 2.75) is 51.5 Å². The van der Waals surface area contributed by atoms with E-state index in [0.29, 0.717) is 5.13 Å². The molecule has 0 aliphatic carbocycles. The van der Waals surface area contributed by atoms with E-state index in [0.717, 1.165) is 50.9 Å². The molecule has 2 amide bonds. The van der Waals surface area contributed by atoms with Gasteiger partial charge in [0.05, 0.1) is 0 Å². The molecule has 0 spiro atoms. The molecule has 1 aliphatic heterocycles. The van der Waals surface area contributed by atoms with Gasteiger partial charge in [-0.15, -0.1) is 0 Å². The molecule has 2 heterocycles. The van der Waals surface area contributed by atoms with E-state index in [9.17, 15) is 4.79 Å². The van der Waals surface area contributed by atoms with Gasteiger partial charge in [0.1, 0.15) is 5.82 Å². The summed E-state index contributed by atoms with van der Waals surface area (Å²) in [6.45, 7) is 3.04. The van der Waals surface area contributed by atoms with Gasteiger partial charge in [0.25, 0.3) is 0 Å². The molecule has 1 aliphatic rings. The van der Waals surface area contributed by atoms with E-state index in [4.69, 9.17) is 5.11 Å².